The molecule has 40 heavy (non-hydrogen) atoms. The normalized spacial score (nSPS) is 21.6. The highest BCUT2D eigenvalue weighted by Crippen LogP contribution is 2.45. The number of halogens is 1. The molecule has 0 bridgehead atoms. The van der Waals surface area contributed by atoms with E-state index in [4.69, 9.17) is 18.7 Å². The predicted molar refractivity (Wildman–Crippen MR) is 144 cm³/mol. The van der Waals surface area contributed by atoms with Gasteiger partial charge in [-0.3, -0.25) is 33.0 Å². The highest BCUT2D eigenvalue weighted by atomic mass is 31.2. The van der Waals surface area contributed by atoms with Gasteiger partial charge in [0.15, 0.2) is 6.17 Å². The molecule has 1 aliphatic heterocycles. The van der Waals surface area contributed by atoms with E-state index in [1.165, 1.54) is 27.0 Å². The van der Waals surface area contributed by atoms with Crippen LogP contribution in [0.4, 0.5) is 4.39 Å². The lowest BCUT2D eigenvalue weighted by Gasteiger charge is -2.29. The number of nitrogens with zero attached hydrogens (tertiary/aromatic N) is 1. The molecule has 0 amide bonds. The van der Waals surface area contributed by atoms with Gasteiger partial charge in [-0.05, 0) is 31.6 Å². The van der Waals surface area contributed by atoms with Crippen LogP contribution in [-0.2, 0) is 32.9 Å². The topological polar surface area (TPSA) is 167 Å². The third kappa shape index (κ3) is 10.2. The average molecular weight is 593 g/mol. The molecule has 3 N–H and O–H groups in total. The number of alkyl halides is 1. The van der Waals surface area contributed by atoms with Gasteiger partial charge in [0.05, 0.1) is 13.2 Å². The van der Waals surface area contributed by atoms with Crippen LogP contribution in [0, 0.1) is 17.8 Å². The van der Waals surface area contributed by atoms with Gasteiger partial charge in [0.2, 0.25) is 6.29 Å². The van der Waals surface area contributed by atoms with Gasteiger partial charge < -0.3 is 14.2 Å². The smallest absolute Gasteiger partial charge is 0.344 e. The first-order valence-corrected chi connectivity index (χ1v) is 14.6. The van der Waals surface area contributed by atoms with Crippen LogP contribution in [0.25, 0.3) is 0 Å². The predicted octanol–water partition coefficient (Wildman–Crippen LogP) is 2.69. The van der Waals surface area contributed by atoms with Gasteiger partial charge in [0.1, 0.15) is 18.3 Å². The van der Waals surface area contributed by atoms with E-state index in [0.717, 1.165) is 4.57 Å². The van der Waals surface area contributed by atoms with Crippen LogP contribution in [-0.4, -0.2) is 59.2 Å². The van der Waals surface area contributed by atoms with E-state index in [1.807, 2.05) is 41.5 Å². The van der Waals surface area contributed by atoms with Gasteiger partial charge in [-0.1, -0.05) is 41.5 Å². The fourth-order valence-corrected chi connectivity index (χ4v) is 5.26. The number of carbonyl (C=O) groups excluding carboxylic acids is 2. The molecule has 2 unspecified atom stereocenters. The van der Waals surface area contributed by atoms with Crippen LogP contribution in [0.3, 0.4) is 0 Å². The van der Waals surface area contributed by atoms with Crippen LogP contribution in [0.1, 0.15) is 73.6 Å². The van der Waals surface area contributed by atoms with Crippen molar-refractivity contribution < 1.29 is 37.3 Å². The van der Waals surface area contributed by atoms with Gasteiger partial charge in [0.25, 0.3) is 5.56 Å². The van der Waals surface area contributed by atoms with E-state index in [2.05, 4.69) is 15.2 Å². The zero-order chi connectivity index (χ0) is 30.6. The minimum Gasteiger partial charge on any atom is -0.464 e. The summed E-state index contributed by atoms with van der Waals surface area (Å²) in [4.78, 5) is 51.2. The molecular formula is C25H42FN4O9P. The number of nitrogens with one attached hydrogen (secondary N) is 3. The van der Waals surface area contributed by atoms with Crippen LogP contribution < -0.4 is 21.4 Å². The molecule has 1 aromatic rings. The van der Waals surface area contributed by atoms with E-state index >= 15 is 4.39 Å². The van der Waals surface area contributed by atoms with Gasteiger partial charge in [0, 0.05) is 18.2 Å². The number of esters is 2. The molecule has 2 heterocycles. The van der Waals surface area contributed by atoms with E-state index in [0.29, 0.717) is 0 Å². The number of ether oxygens (including phenoxy) is 3. The summed E-state index contributed by atoms with van der Waals surface area (Å²) in [6.07, 6.45) is -3.93. The molecule has 0 saturated carbocycles. The zero-order valence-electron chi connectivity index (χ0n) is 24.5. The Bertz CT molecular complexity index is 1180. The molecule has 0 aromatic carbocycles. The molecule has 1 aromatic heterocycles. The second-order valence-corrected chi connectivity index (χ2v) is 14.2. The molecule has 2 rings (SSSR count). The zero-order valence-corrected chi connectivity index (χ0v) is 25.4. The molecule has 1 saturated heterocycles. The van der Waals surface area contributed by atoms with E-state index in [9.17, 15) is 23.7 Å². The Balaban J connectivity index is 2.25. The lowest BCUT2D eigenvalue weighted by Crippen LogP contribution is -2.44. The molecule has 13 nitrogen and oxygen atoms in total. The molecule has 5 atom stereocenters. The lowest BCUT2D eigenvalue weighted by atomic mass is 9.99. The summed E-state index contributed by atoms with van der Waals surface area (Å²) in [5, 5.41) is 4.99. The number of hydrogen-bond donors (Lipinski definition) is 3. The second kappa shape index (κ2) is 13.1. The molecular weight excluding hydrogens is 550 g/mol. The van der Waals surface area contributed by atoms with Gasteiger partial charge >= 0.3 is 25.3 Å². The fourth-order valence-electron chi connectivity index (χ4n) is 3.35. The average Bonchev–Trinajstić information content (AvgIpc) is 3.16. The minimum atomic E-state index is -4.41. The Kier molecular flexibility index (Phi) is 11.1. The third-order valence-electron chi connectivity index (χ3n) is 5.45. The number of hydrogen-bond acceptors (Lipinski definition) is 9. The van der Waals surface area contributed by atoms with Gasteiger partial charge in [-0.2, -0.15) is 0 Å². The first-order chi connectivity index (χ1) is 18.2. The molecule has 1 aliphatic rings. The summed E-state index contributed by atoms with van der Waals surface area (Å²) >= 11 is 0. The van der Waals surface area contributed by atoms with Crippen molar-refractivity contribution in [1.82, 2.24) is 19.7 Å². The summed E-state index contributed by atoms with van der Waals surface area (Å²) in [5.74, 6) is -1.50. The standard InChI is InChI=1S/C25H42FN4O9P/c1-14-11-30(23(34)27-19(14)31)18-10-17(26)22(38-18)39-40(35,28-15(2)20(32)36-12-24(4,5)6)29-16(3)21(33)37-13-25(7,8)9/h11,15-18,22H,10,12-13H2,1-9H3,(H,27,31,34)(H2,28,29,35)/t15-,16-,17-,18?,22?/m0/s1. The number of aryl methyl sites for hydroxylation is 1. The molecule has 0 spiro atoms. The van der Waals surface area contributed by atoms with Crippen LogP contribution in [0.2, 0.25) is 0 Å². The summed E-state index contributed by atoms with van der Waals surface area (Å²) < 4.78 is 51.6. The molecule has 1 fully saturated rings. The first kappa shape index (κ1) is 33.8. The Morgan fingerprint density at radius 3 is 2.00 bits per heavy atom. The molecule has 15 heteroatoms. The minimum absolute atomic E-state index is 0.0826. The molecule has 0 radical (unpaired) electrons. The lowest BCUT2D eigenvalue weighted by molar-refractivity contribution is -0.148. The summed E-state index contributed by atoms with van der Waals surface area (Å²) in [7, 11) is -4.41. The van der Waals surface area contributed by atoms with E-state index < -0.39 is 61.6 Å². The Hall–Kier alpha value is -2.38. The van der Waals surface area contributed by atoms with Gasteiger partial charge in [-0.15, -0.1) is 0 Å². The van der Waals surface area contributed by atoms with E-state index in [1.54, 1.807) is 0 Å². The number of carbonyl (C=O) groups is 2. The quantitative estimate of drug-likeness (QED) is 0.255. The van der Waals surface area contributed by atoms with Crippen molar-refractivity contribution >= 4 is 19.6 Å². The third-order valence-corrected chi connectivity index (χ3v) is 7.41. The Morgan fingerprint density at radius 1 is 1.07 bits per heavy atom. The maximum absolute atomic E-state index is 15.1. The SMILES string of the molecule is Cc1cn(C2C[C@H](F)C(OP(=O)(N[C@@H](C)C(=O)OCC(C)(C)C)N[C@@H](C)C(=O)OCC(C)(C)C)O2)c(=O)[nH]c1=O. The maximum Gasteiger partial charge on any atom is 0.344 e. The highest BCUT2D eigenvalue weighted by molar-refractivity contribution is 7.54. The Morgan fingerprint density at radius 2 is 1.55 bits per heavy atom. The van der Waals surface area contributed by atoms with Crippen molar-refractivity contribution in [1.29, 1.82) is 0 Å². The number of aromatic nitrogens is 2. The first-order valence-electron chi connectivity index (χ1n) is 13.0. The number of H-pyrrole nitrogens is 1. The second-order valence-electron chi connectivity index (χ2n) is 12.4. The number of aromatic amines is 1. The maximum atomic E-state index is 15.1. The highest BCUT2D eigenvalue weighted by Gasteiger charge is 2.44. The van der Waals surface area contributed by atoms with Crippen LogP contribution >= 0.6 is 7.67 Å². The van der Waals surface area contributed by atoms with E-state index in [-0.39, 0.29) is 36.0 Å². The van der Waals surface area contributed by atoms with Crippen LogP contribution in [0.5, 0.6) is 0 Å². The summed E-state index contributed by atoms with van der Waals surface area (Å²) in [6, 6.07) is -2.39. The number of rotatable bonds is 11. The van der Waals surface area contributed by atoms with Crippen molar-refractivity contribution in [3.05, 3.63) is 32.6 Å². The fraction of sp³-hybridized carbons (Fsp3) is 0.760. The van der Waals surface area contributed by atoms with Crippen molar-refractivity contribution in [2.45, 2.75) is 99.5 Å². The molecule has 228 valence electrons. The molecule has 0 aliphatic carbocycles. The van der Waals surface area contributed by atoms with Crippen molar-refractivity contribution in [2.24, 2.45) is 10.8 Å². The van der Waals surface area contributed by atoms with Crippen LogP contribution in [0.15, 0.2) is 15.8 Å². The van der Waals surface area contributed by atoms with Crippen molar-refractivity contribution in [3.63, 3.8) is 0 Å². The monoisotopic (exact) mass is 592 g/mol. The summed E-state index contributed by atoms with van der Waals surface area (Å²) in [6.45, 7) is 15.6. The largest absolute Gasteiger partial charge is 0.464 e. The van der Waals surface area contributed by atoms with Crippen molar-refractivity contribution in [2.75, 3.05) is 13.2 Å². The Labute approximate surface area is 233 Å². The van der Waals surface area contributed by atoms with Gasteiger partial charge in [-0.25, -0.2) is 19.4 Å². The summed E-state index contributed by atoms with van der Waals surface area (Å²) in [5.41, 5.74) is -1.88. The van der Waals surface area contributed by atoms with Crippen molar-refractivity contribution in [3.8, 4) is 0 Å².